The van der Waals surface area contributed by atoms with Gasteiger partial charge in [0, 0.05) is 22.9 Å². The van der Waals surface area contributed by atoms with E-state index >= 15 is 0 Å². The van der Waals surface area contributed by atoms with E-state index in [9.17, 15) is 9.59 Å². The van der Waals surface area contributed by atoms with Gasteiger partial charge in [-0.1, -0.05) is 118 Å². The van der Waals surface area contributed by atoms with Gasteiger partial charge >= 0.3 is 11.9 Å². The third-order valence-corrected chi connectivity index (χ3v) is 6.39. The van der Waals surface area contributed by atoms with Crippen LogP contribution >= 0.6 is 15.9 Å². The predicted octanol–water partition coefficient (Wildman–Crippen LogP) is 8.30. The van der Waals surface area contributed by atoms with E-state index < -0.39 is 0 Å². The molecule has 0 unspecified atom stereocenters. The number of hydrogen-bond donors (Lipinski definition) is 0. The maximum absolute atomic E-state index is 11.8. The lowest BCUT2D eigenvalue weighted by Gasteiger charge is -2.07. The van der Waals surface area contributed by atoms with Crippen LogP contribution in [-0.2, 0) is 25.7 Å². The van der Waals surface area contributed by atoms with Crippen LogP contribution in [0.1, 0.15) is 115 Å². The Morgan fingerprint density at radius 3 is 1.75 bits per heavy atom. The van der Waals surface area contributed by atoms with Gasteiger partial charge in [0.05, 0.1) is 6.61 Å². The van der Waals surface area contributed by atoms with Gasteiger partial charge in [-0.15, -0.1) is 0 Å². The number of ether oxygens (including phenoxy) is 2. The van der Waals surface area contributed by atoms with Crippen molar-refractivity contribution in [1.82, 2.24) is 0 Å². The highest BCUT2D eigenvalue weighted by Crippen LogP contribution is 2.17. The third kappa shape index (κ3) is 16.3. The Morgan fingerprint density at radius 1 is 0.688 bits per heavy atom. The van der Waals surface area contributed by atoms with Crippen LogP contribution in [-0.4, -0.2) is 18.5 Å². The maximum Gasteiger partial charge on any atom is 0.306 e. The summed E-state index contributed by atoms with van der Waals surface area (Å²) in [7, 11) is 0. The van der Waals surface area contributed by atoms with Gasteiger partial charge in [-0.25, -0.2) is 0 Å². The molecule has 0 saturated carbocycles. The second-order valence-electron chi connectivity index (χ2n) is 8.57. The molecule has 0 saturated heterocycles. The van der Waals surface area contributed by atoms with Gasteiger partial charge in [0.25, 0.3) is 0 Å². The second-order valence-corrected chi connectivity index (χ2v) is 9.42. The lowest BCUT2D eigenvalue weighted by Crippen LogP contribution is -2.09. The lowest BCUT2D eigenvalue weighted by atomic mass is 10.0. The molecule has 1 aromatic rings. The number of benzene rings is 1. The van der Waals surface area contributed by atoms with Gasteiger partial charge in [0.1, 0.15) is 6.61 Å². The summed E-state index contributed by atoms with van der Waals surface area (Å²) < 4.78 is 11.4. The van der Waals surface area contributed by atoms with Gasteiger partial charge < -0.3 is 9.47 Å². The summed E-state index contributed by atoms with van der Waals surface area (Å²) in [5.74, 6) is -0.507. The van der Waals surface area contributed by atoms with Gasteiger partial charge in [0.2, 0.25) is 0 Å². The topological polar surface area (TPSA) is 52.6 Å². The van der Waals surface area contributed by atoms with Crippen molar-refractivity contribution >= 4 is 27.9 Å². The Hall–Kier alpha value is -1.36. The maximum atomic E-state index is 11.8. The number of carbonyl (C=O) groups is 2. The molecule has 32 heavy (non-hydrogen) atoms. The van der Waals surface area contributed by atoms with Gasteiger partial charge in [-0.3, -0.25) is 9.59 Å². The monoisotopic (exact) mass is 510 g/mol. The van der Waals surface area contributed by atoms with Crippen LogP contribution in [0.25, 0.3) is 0 Å². The lowest BCUT2D eigenvalue weighted by molar-refractivity contribution is -0.146. The number of esters is 2. The Morgan fingerprint density at radius 2 is 1.19 bits per heavy atom. The van der Waals surface area contributed by atoms with Crippen molar-refractivity contribution in [3.05, 3.63) is 34.3 Å². The molecular weight excluding hydrogens is 468 g/mol. The average molecular weight is 512 g/mol. The zero-order valence-electron chi connectivity index (χ0n) is 20.0. The van der Waals surface area contributed by atoms with Crippen LogP contribution in [0.5, 0.6) is 0 Å². The van der Waals surface area contributed by atoms with Gasteiger partial charge in [-0.2, -0.15) is 0 Å². The van der Waals surface area contributed by atoms with Crippen LogP contribution in [0.4, 0.5) is 0 Å². The average Bonchev–Trinajstić information content (AvgIpc) is 2.78. The van der Waals surface area contributed by atoms with Crippen LogP contribution in [0.15, 0.2) is 28.7 Å². The van der Waals surface area contributed by atoms with Crippen LogP contribution in [0.3, 0.4) is 0 Å². The van der Waals surface area contributed by atoms with E-state index in [1.807, 2.05) is 24.3 Å². The van der Waals surface area contributed by atoms with Crippen molar-refractivity contribution in [2.75, 3.05) is 6.61 Å². The minimum atomic E-state index is -0.287. The summed E-state index contributed by atoms with van der Waals surface area (Å²) >= 11 is 3.43. The number of carbonyl (C=O) groups excluding carboxylic acids is 2. The van der Waals surface area contributed by atoms with Crippen molar-refractivity contribution in [3.63, 3.8) is 0 Å². The fraction of sp³-hybridized carbons (Fsp3) is 0.704. The fourth-order valence-corrected chi connectivity index (χ4v) is 4.00. The molecule has 0 heterocycles. The highest BCUT2D eigenvalue weighted by atomic mass is 79.9. The molecule has 0 fully saturated rings. The molecule has 0 aromatic heterocycles. The minimum absolute atomic E-state index is 0.220. The van der Waals surface area contributed by atoms with Crippen molar-refractivity contribution in [1.29, 1.82) is 0 Å². The molecule has 0 N–H and O–H groups in total. The first-order chi connectivity index (χ1) is 15.6. The predicted molar refractivity (Wildman–Crippen MR) is 134 cm³/mol. The van der Waals surface area contributed by atoms with E-state index in [2.05, 4.69) is 22.9 Å². The van der Waals surface area contributed by atoms with Gasteiger partial charge in [0.15, 0.2) is 0 Å². The molecule has 0 bridgehead atoms. The molecule has 0 aliphatic rings. The molecule has 4 nitrogen and oxygen atoms in total. The summed E-state index contributed by atoms with van der Waals surface area (Å²) in [6.45, 7) is 2.99. The number of hydrogen-bond acceptors (Lipinski definition) is 4. The SMILES string of the molecule is CCCCCCCCCCCCCCCOC(=O)CCCC(=O)OCc1ccccc1Br. The van der Waals surface area contributed by atoms with E-state index in [1.54, 1.807) is 0 Å². The van der Waals surface area contributed by atoms with E-state index in [0.717, 1.165) is 22.9 Å². The Kier molecular flexibility index (Phi) is 18.2. The van der Waals surface area contributed by atoms with Crippen molar-refractivity contribution < 1.29 is 19.1 Å². The van der Waals surface area contributed by atoms with E-state index in [-0.39, 0.29) is 31.4 Å². The molecule has 5 heteroatoms. The number of rotatable bonds is 20. The zero-order valence-corrected chi connectivity index (χ0v) is 21.6. The normalized spacial score (nSPS) is 10.8. The Balaban J connectivity index is 1.85. The third-order valence-electron chi connectivity index (χ3n) is 5.62. The Bertz CT molecular complexity index is 617. The van der Waals surface area contributed by atoms with Gasteiger partial charge in [-0.05, 0) is 18.9 Å². The van der Waals surface area contributed by atoms with E-state index in [0.29, 0.717) is 13.0 Å². The standard InChI is InChI=1S/C27H43BrO4/c1-2-3-4-5-6-7-8-9-10-11-12-13-16-22-31-26(29)20-17-21-27(30)32-23-24-18-14-15-19-25(24)28/h14-15,18-19H,2-13,16-17,20-23H2,1H3. The summed E-state index contributed by atoms with van der Waals surface area (Å²) in [5, 5.41) is 0. The molecule has 1 aromatic carbocycles. The minimum Gasteiger partial charge on any atom is -0.466 e. The molecule has 0 aliphatic heterocycles. The van der Waals surface area contributed by atoms with Crippen LogP contribution < -0.4 is 0 Å². The largest absolute Gasteiger partial charge is 0.466 e. The number of unbranched alkanes of at least 4 members (excludes halogenated alkanes) is 12. The smallest absolute Gasteiger partial charge is 0.306 e. The Labute approximate surface area is 204 Å². The summed E-state index contributed by atoms with van der Waals surface area (Å²) in [5.41, 5.74) is 0.929. The molecule has 182 valence electrons. The van der Waals surface area contributed by atoms with E-state index in [1.165, 1.54) is 70.6 Å². The summed E-state index contributed by atoms with van der Waals surface area (Å²) in [4.78, 5) is 23.6. The second kappa shape index (κ2) is 20.3. The van der Waals surface area contributed by atoms with Crippen molar-refractivity contribution in [3.8, 4) is 0 Å². The number of halogens is 1. The first kappa shape index (κ1) is 28.7. The molecule has 0 amide bonds. The van der Waals surface area contributed by atoms with Crippen molar-refractivity contribution in [2.45, 2.75) is 116 Å². The fourth-order valence-electron chi connectivity index (χ4n) is 3.60. The zero-order chi connectivity index (χ0) is 23.3. The van der Waals surface area contributed by atoms with Crippen LogP contribution in [0, 0.1) is 0 Å². The highest BCUT2D eigenvalue weighted by molar-refractivity contribution is 9.10. The molecule has 0 spiro atoms. The molecule has 0 radical (unpaired) electrons. The first-order valence-electron chi connectivity index (χ1n) is 12.7. The quantitative estimate of drug-likeness (QED) is 0.131. The molecule has 0 atom stereocenters. The van der Waals surface area contributed by atoms with Crippen LogP contribution in [0.2, 0.25) is 0 Å². The van der Waals surface area contributed by atoms with E-state index in [4.69, 9.17) is 9.47 Å². The molecular formula is C27H43BrO4. The first-order valence-corrected chi connectivity index (χ1v) is 13.5. The molecule has 0 aliphatic carbocycles. The highest BCUT2D eigenvalue weighted by Gasteiger charge is 2.08. The molecule has 1 rings (SSSR count). The van der Waals surface area contributed by atoms with Crippen molar-refractivity contribution in [2.24, 2.45) is 0 Å². The summed E-state index contributed by atoms with van der Waals surface area (Å²) in [6.07, 6.45) is 17.9. The summed E-state index contributed by atoms with van der Waals surface area (Å²) in [6, 6.07) is 7.64.